The Hall–Kier alpha value is -1.18. The molecular formula is C8H13NO. The molecule has 0 saturated heterocycles. The lowest BCUT2D eigenvalue weighted by Gasteiger charge is -2.04. The fraction of sp³-hybridized carbons (Fsp3) is 0.250. The summed E-state index contributed by atoms with van der Waals surface area (Å²) in [5.74, 6) is 0.595. The highest BCUT2D eigenvalue weighted by atomic mass is 16.5. The highest BCUT2D eigenvalue weighted by Crippen LogP contribution is 2.02. The molecule has 10 heavy (non-hydrogen) atoms. The Labute approximate surface area is 61.7 Å². The summed E-state index contributed by atoms with van der Waals surface area (Å²) in [6.45, 7) is 9.52. The van der Waals surface area contributed by atoms with Crippen LogP contribution in [0, 0.1) is 0 Å². The van der Waals surface area contributed by atoms with Crippen molar-refractivity contribution >= 4 is 0 Å². The van der Waals surface area contributed by atoms with Gasteiger partial charge >= 0.3 is 0 Å². The Morgan fingerprint density at radius 3 is 2.40 bits per heavy atom. The van der Waals surface area contributed by atoms with Gasteiger partial charge in [-0.1, -0.05) is 13.2 Å². The average molecular weight is 139 g/mol. The largest absolute Gasteiger partial charge is 0.492 e. The van der Waals surface area contributed by atoms with Crippen LogP contribution in [0.15, 0.2) is 36.8 Å². The van der Waals surface area contributed by atoms with Crippen molar-refractivity contribution in [2.24, 2.45) is 5.73 Å². The lowest BCUT2D eigenvalue weighted by Crippen LogP contribution is -2.00. The lowest BCUT2D eigenvalue weighted by atomic mass is 10.3. The highest BCUT2D eigenvalue weighted by Gasteiger charge is 1.93. The molecule has 0 unspecified atom stereocenters. The summed E-state index contributed by atoms with van der Waals surface area (Å²) in [6, 6.07) is 0. The molecule has 0 atom stereocenters. The molecule has 0 aliphatic carbocycles. The molecule has 2 heteroatoms. The third-order valence-electron chi connectivity index (χ3n) is 0.990. The summed E-state index contributed by atoms with van der Waals surface area (Å²) in [7, 11) is 0. The van der Waals surface area contributed by atoms with Crippen LogP contribution < -0.4 is 5.73 Å². The molecule has 0 spiro atoms. The fourth-order valence-corrected chi connectivity index (χ4v) is 0.516. The van der Waals surface area contributed by atoms with E-state index in [1.807, 2.05) is 6.92 Å². The smallest absolute Gasteiger partial charge is 0.141 e. The van der Waals surface area contributed by atoms with Gasteiger partial charge in [0, 0.05) is 0 Å². The van der Waals surface area contributed by atoms with Gasteiger partial charge in [-0.3, -0.25) is 0 Å². The van der Waals surface area contributed by atoms with Crippen molar-refractivity contribution < 1.29 is 4.74 Å². The van der Waals surface area contributed by atoms with Crippen LogP contribution in [-0.2, 0) is 4.74 Å². The predicted molar refractivity (Wildman–Crippen MR) is 43.2 cm³/mol. The van der Waals surface area contributed by atoms with E-state index in [1.165, 1.54) is 6.08 Å². The van der Waals surface area contributed by atoms with Crippen LogP contribution in [0.3, 0.4) is 0 Å². The van der Waals surface area contributed by atoms with Gasteiger partial charge in [0.15, 0.2) is 0 Å². The summed E-state index contributed by atoms with van der Waals surface area (Å²) in [5.41, 5.74) is 6.00. The van der Waals surface area contributed by atoms with E-state index in [2.05, 4.69) is 13.2 Å². The Balaban J connectivity index is 4.28. The van der Waals surface area contributed by atoms with E-state index in [0.29, 0.717) is 18.1 Å². The first-order chi connectivity index (χ1) is 4.76. The van der Waals surface area contributed by atoms with Crippen molar-refractivity contribution in [3.05, 3.63) is 36.8 Å². The Morgan fingerprint density at radius 1 is 1.50 bits per heavy atom. The fourth-order valence-electron chi connectivity index (χ4n) is 0.516. The van der Waals surface area contributed by atoms with E-state index in [-0.39, 0.29) is 0 Å². The minimum absolute atomic E-state index is 0.525. The van der Waals surface area contributed by atoms with E-state index < -0.39 is 0 Å². The number of hydrogen-bond acceptors (Lipinski definition) is 2. The van der Waals surface area contributed by atoms with Crippen LogP contribution >= 0.6 is 0 Å². The second-order valence-electron chi connectivity index (χ2n) is 1.66. The first-order valence-electron chi connectivity index (χ1n) is 3.13. The zero-order valence-corrected chi connectivity index (χ0v) is 6.26. The van der Waals surface area contributed by atoms with Gasteiger partial charge < -0.3 is 10.5 Å². The SMILES string of the molecule is C=C/C(N)=C(\C=C)OCC. The summed E-state index contributed by atoms with van der Waals surface area (Å²) in [4.78, 5) is 0. The molecule has 0 aromatic rings. The minimum Gasteiger partial charge on any atom is -0.492 e. The van der Waals surface area contributed by atoms with E-state index in [1.54, 1.807) is 6.08 Å². The van der Waals surface area contributed by atoms with Crippen molar-refractivity contribution in [1.29, 1.82) is 0 Å². The van der Waals surface area contributed by atoms with E-state index >= 15 is 0 Å². The van der Waals surface area contributed by atoms with Gasteiger partial charge in [-0.05, 0) is 19.1 Å². The standard InChI is InChI=1S/C8H13NO/c1-4-7(9)8(5-2)10-6-3/h4-5H,1-2,6,9H2,3H3/b8-7-. The first-order valence-corrected chi connectivity index (χ1v) is 3.13. The Kier molecular flexibility index (Phi) is 4.12. The molecule has 0 fully saturated rings. The van der Waals surface area contributed by atoms with Crippen molar-refractivity contribution in [2.45, 2.75) is 6.92 Å². The topological polar surface area (TPSA) is 35.2 Å². The predicted octanol–water partition coefficient (Wildman–Crippen LogP) is 1.57. The molecule has 56 valence electrons. The highest BCUT2D eigenvalue weighted by molar-refractivity contribution is 5.23. The maximum absolute atomic E-state index is 5.48. The molecule has 0 aliphatic heterocycles. The first kappa shape index (κ1) is 8.82. The molecule has 0 aliphatic rings. The monoisotopic (exact) mass is 139 g/mol. The second-order valence-corrected chi connectivity index (χ2v) is 1.66. The molecule has 0 aromatic carbocycles. The average Bonchev–Trinajstić information content (AvgIpc) is 1.99. The van der Waals surface area contributed by atoms with Crippen molar-refractivity contribution in [1.82, 2.24) is 0 Å². The van der Waals surface area contributed by atoms with Crippen LogP contribution in [0.4, 0.5) is 0 Å². The molecule has 2 N–H and O–H groups in total. The van der Waals surface area contributed by atoms with Crippen molar-refractivity contribution in [3.8, 4) is 0 Å². The number of rotatable bonds is 4. The summed E-state index contributed by atoms with van der Waals surface area (Å²) < 4.78 is 5.11. The quantitative estimate of drug-likeness (QED) is 0.474. The Morgan fingerprint density at radius 2 is 2.10 bits per heavy atom. The maximum Gasteiger partial charge on any atom is 0.141 e. The number of hydrogen-bond donors (Lipinski definition) is 1. The third-order valence-corrected chi connectivity index (χ3v) is 0.990. The summed E-state index contributed by atoms with van der Waals surface area (Å²) in [5, 5.41) is 0. The molecule has 2 nitrogen and oxygen atoms in total. The van der Waals surface area contributed by atoms with Gasteiger partial charge in [0.05, 0.1) is 12.3 Å². The molecule has 0 amide bonds. The molecular weight excluding hydrogens is 126 g/mol. The van der Waals surface area contributed by atoms with Crippen LogP contribution in [0.25, 0.3) is 0 Å². The molecule has 0 rings (SSSR count). The maximum atomic E-state index is 5.48. The molecule has 0 heterocycles. The van der Waals surface area contributed by atoms with Gasteiger partial charge in [-0.25, -0.2) is 0 Å². The van der Waals surface area contributed by atoms with Gasteiger partial charge in [0.2, 0.25) is 0 Å². The normalized spacial score (nSPS) is 11.7. The number of nitrogens with two attached hydrogens (primary N) is 1. The third kappa shape index (κ3) is 2.40. The lowest BCUT2D eigenvalue weighted by molar-refractivity contribution is 0.240. The molecule has 0 radical (unpaired) electrons. The van der Waals surface area contributed by atoms with Crippen molar-refractivity contribution in [3.63, 3.8) is 0 Å². The molecule has 0 bridgehead atoms. The van der Waals surface area contributed by atoms with Crippen LogP contribution in [0.2, 0.25) is 0 Å². The zero-order chi connectivity index (χ0) is 7.98. The van der Waals surface area contributed by atoms with Crippen LogP contribution in [0.1, 0.15) is 6.92 Å². The zero-order valence-electron chi connectivity index (χ0n) is 6.26. The summed E-state index contributed by atoms with van der Waals surface area (Å²) in [6.07, 6.45) is 3.10. The summed E-state index contributed by atoms with van der Waals surface area (Å²) >= 11 is 0. The number of ether oxygens (including phenoxy) is 1. The van der Waals surface area contributed by atoms with Crippen LogP contribution in [-0.4, -0.2) is 6.61 Å². The van der Waals surface area contributed by atoms with E-state index in [9.17, 15) is 0 Å². The van der Waals surface area contributed by atoms with Gasteiger partial charge in [-0.2, -0.15) is 0 Å². The van der Waals surface area contributed by atoms with E-state index in [0.717, 1.165) is 0 Å². The minimum atomic E-state index is 0.525. The Bertz CT molecular complexity index is 159. The van der Waals surface area contributed by atoms with Gasteiger partial charge in [0.25, 0.3) is 0 Å². The van der Waals surface area contributed by atoms with Crippen LogP contribution in [0.5, 0.6) is 0 Å². The van der Waals surface area contributed by atoms with Gasteiger partial charge in [-0.15, -0.1) is 0 Å². The van der Waals surface area contributed by atoms with Crippen molar-refractivity contribution in [2.75, 3.05) is 6.61 Å². The van der Waals surface area contributed by atoms with E-state index in [4.69, 9.17) is 10.5 Å². The number of allylic oxidation sites excluding steroid dienone is 2. The second kappa shape index (κ2) is 4.68. The van der Waals surface area contributed by atoms with Gasteiger partial charge in [0.1, 0.15) is 5.76 Å². The molecule has 0 saturated carbocycles. The molecule has 0 aromatic heterocycles.